The van der Waals surface area contributed by atoms with E-state index in [9.17, 15) is 0 Å². The highest BCUT2D eigenvalue weighted by Gasteiger charge is 2.34. The molecular weight excluding hydrogens is 280 g/mol. The van der Waals surface area contributed by atoms with Crippen molar-refractivity contribution in [3.63, 3.8) is 0 Å². The van der Waals surface area contributed by atoms with Crippen LogP contribution in [0, 0.1) is 0 Å². The quantitative estimate of drug-likeness (QED) is 0.159. The van der Waals surface area contributed by atoms with E-state index in [4.69, 9.17) is 4.74 Å². The zero-order chi connectivity index (χ0) is 16.6. The van der Waals surface area contributed by atoms with Crippen LogP contribution >= 0.6 is 0 Å². The molecule has 0 N–H and O–H groups in total. The summed E-state index contributed by atoms with van der Waals surface area (Å²) in [6.45, 7) is 4.41. The van der Waals surface area contributed by atoms with Crippen molar-refractivity contribution in [3.05, 3.63) is 60.8 Å². The molecule has 1 rings (SSSR count). The summed E-state index contributed by atoms with van der Waals surface area (Å²) in [5.41, 5.74) is 0. The first-order valence-corrected chi connectivity index (χ1v) is 9.34. The summed E-state index contributed by atoms with van der Waals surface area (Å²) in [7, 11) is 0. The summed E-state index contributed by atoms with van der Waals surface area (Å²) in [4.78, 5) is 0. The van der Waals surface area contributed by atoms with Crippen molar-refractivity contribution in [1.82, 2.24) is 0 Å². The van der Waals surface area contributed by atoms with Gasteiger partial charge in [0.05, 0.1) is 6.10 Å². The second kappa shape index (κ2) is 14.3. The lowest BCUT2D eigenvalue weighted by Gasteiger charge is -1.93. The fourth-order valence-corrected chi connectivity index (χ4v) is 2.35. The van der Waals surface area contributed by atoms with E-state index in [1.807, 2.05) is 0 Å². The number of allylic oxidation sites excluding steroid dienone is 8. The lowest BCUT2D eigenvalue weighted by atomic mass is 10.1. The number of rotatable bonds is 13. The maximum atomic E-state index is 5.57. The molecule has 1 nitrogen and oxygen atoms in total. The van der Waals surface area contributed by atoms with E-state index in [0.29, 0.717) is 12.2 Å². The number of unbranched alkanes of at least 4 members (excludes halogenated alkanes) is 4. The van der Waals surface area contributed by atoms with Crippen molar-refractivity contribution < 1.29 is 4.74 Å². The minimum absolute atomic E-state index is 0.320. The number of hydrogen-bond acceptors (Lipinski definition) is 1. The Morgan fingerprint density at radius 3 is 2.48 bits per heavy atom. The monoisotopic (exact) mass is 314 g/mol. The lowest BCUT2D eigenvalue weighted by molar-refractivity contribution is 0.390. The molecule has 0 saturated carbocycles. The van der Waals surface area contributed by atoms with Crippen LogP contribution in [0.5, 0.6) is 0 Å². The van der Waals surface area contributed by atoms with Gasteiger partial charge in [0, 0.05) is 0 Å². The summed E-state index contributed by atoms with van der Waals surface area (Å²) < 4.78 is 5.57. The van der Waals surface area contributed by atoms with Gasteiger partial charge in [0.2, 0.25) is 0 Å². The number of epoxide rings is 1. The van der Waals surface area contributed by atoms with Gasteiger partial charge in [-0.2, -0.15) is 0 Å². The van der Waals surface area contributed by atoms with Gasteiger partial charge in [-0.25, -0.2) is 0 Å². The normalized spacial score (nSPS) is 21.8. The first-order valence-electron chi connectivity index (χ1n) is 9.34. The summed E-state index contributed by atoms with van der Waals surface area (Å²) in [5, 5.41) is 0. The SMILES string of the molecule is CCC=CCC1OC1C=CC=CC=CCC=CCCCCCC. The molecule has 0 aromatic heterocycles. The van der Waals surface area contributed by atoms with E-state index < -0.39 is 0 Å². The largest absolute Gasteiger partial charge is 0.365 e. The third-order valence-corrected chi connectivity index (χ3v) is 3.83. The van der Waals surface area contributed by atoms with Gasteiger partial charge in [-0.1, -0.05) is 93.9 Å². The van der Waals surface area contributed by atoms with Crippen molar-refractivity contribution in [1.29, 1.82) is 0 Å². The van der Waals surface area contributed by atoms with Gasteiger partial charge in [0.25, 0.3) is 0 Å². The van der Waals surface area contributed by atoms with Crippen molar-refractivity contribution in [2.45, 2.75) is 77.4 Å². The third-order valence-electron chi connectivity index (χ3n) is 3.83. The molecule has 128 valence electrons. The zero-order valence-electron chi connectivity index (χ0n) is 15.0. The van der Waals surface area contributed by atoms with Crippen LogP contribution in [0.2, 0.25) is 0 Å². The van der Waals surface area contributed by atoms with E-state index in [2.05, 4.69) is 74.6 Å². The van der Waals surface area contributed by atoms with Crippen LogP contribution in [-0.2, 0) is 4.74 Å². The average Bonchev–Trinajstić information content (AvgIpc) is 3.30. The Kier molecular flexibility index (Phi) is 12.2. The molecule has 23 heavy (non-hydrogen) atoms. The van der Waals surface area contributed by atoms with Gasteiger partial charge in [-0.05, 0) is 32.1 Å². The average molecular weight is 315 g/mol. The second-order valence-electron chi connectivity index (χ2n) is 6.01. The minimum atomic E-state index is 0.320. The molecule has 0 spiro atoms. The fraction of sp³-hybridized carbons (Fsp3) is 0.545. The van der Waals surface area contributed by atoms with Crippen LogP contribution in [0.15, 0.2) is 60.8 Å². The Morgan fingerprint density at radius 1 is 0.783 bits per heavy atom. The predicted molar refractivity (Wildman–Crippen MR) is 103 cm³/mol. The predicted octanol–water partition coefficient (Wildman–Crippen LogP) is 6.70. The highest BCUT2D eigenvalue weighted by atomic mass is 16.6. The van der Waals surface area contributed by atoms with Crippen molar-refractivity contribution in [2.24, 2.45) is 0 Å². The summed E-state index contributed by atoms with van der Waals surface area (Å²) in [6, 6.07) is 0. The molecule has 1 aliphatic rings. The molecular formula is C22H34O. The smallest absolute Gasteiger partial charge is 0.103 e. The molecule has 1 saturated heterocycles. The van der Waals surface area contributed by atoms with Gasteiger partial charge in [0.1, 0.15) is 6.10 Å². The fourth-order valence-electron chi connectivity index (χ4n) is 2.35. The molecule has 1 heteroatoms. The minimum Gasteiger partial charge on any atom is -0.365 e. The van der Waals surface area contributed by atoms with Crippen molar-refractivity contribution in [2.75, 3.05) is 0 Å². The number of ether oxygens (including phenoxy) is 1. The molecule has 0 aromatic rings. The van der Waals surface area contributed by atoms with Gasteiger partial charge < -0.3 is 4.74 Å². The maximum Gasteiger partial charge on any atom is 0.103 e. The van der Waals surface area contributed by atoms with Crippen molar-refractivity contribution >= 4 is 0 Å². The molecule has 0 bridgehead atoms. The van der Waals surface area contributed by atoms with Crippen LogP contribution < -0.4 is 0 Å². The summed E-state index contributed by atoms with van der Waals surface area (Å²) in [5.74, 6) is 0. The summed E-state index contributed by atoms with van der Waals surface area (Å²) >= 11 is 0. The molecule has 2 atom stereocenters. The second-order valence-corrected chi connectivity index (χ2v) is 6.01. The Morgan fingerprint density at radius 2 is 1.65 bits per heavy atom. The highest BCUT2D eigenvalue weighted by molar-refractivity contribution is 5.15. The van der Waals surface area contributed by atoms with Crippen LogP contribution in [0.3, 0.4) is 0 Å². The molecule has 0 aromatic carbocycles. The first kappa shape index (κ1) is 19.7. The first-order chi connectivity index (χ1) is 11.4. The zero-order valence-corrected chi connectivity index (χ0v) is 15.0. The Labute approximate surface area is 143 Å². The van der Waals surface area contributed by atoms with E-state index in [0.717, 1.165) is 19.3 Å². The third kappa shape index (κ3) is 11.8. The molecule has 0 aliphatic carbocycles. The standard InChI is InChI=1S/C22H34O/c1-3-5-7-8-9-10-11-12-13-14-15-16-18-20-22-21(23-22)19-17-6-4-2/h6,10-11,13-18,20-22H,3-5,7-9,12,19H2,1-2H3. The van der Waals surface area contributed by atoms with Crippen LogP contribution in [0.1, 0.15) is 65.2 Å². The molecule has 0 amide bonds. The Hall–Kier alpha value is -1.34. The topological polar surface area (TPSA) is 12.5 Å². The van der Waals surface area contributed by atoms with Gasteiger partial charge in [-0.15, -0.1) is 0 Å². The highest BCUT2D eigenvalue weighted by Crippen LogP contribution is 2.26. The Balaban J connectivity index is 1.98. The van der Waals surface area contributed by atoms with Crippen LogP contribution in [0.25, 0.3) is 0 Å². The molecule has 1 fully saturated rings. The van der Waals surface area contributed by atoms with Gasteiger partial charge >= 0.3 is 0 Å². The van der Waals surface area contributed by atoms with E-state index in [1.54, 1.807) is 0 Å². The summed E-state index contributed by atoms with van der Waals surface area (Å²) in [6.07, 6.45) is 32.2. The van der Waals surface area contributed by atoms with E-state index in [1.165, 1.54) is 32.1 Å². The number of hydrogen-bond donors (Lipinski definition) is 0. The van der Waals surface area contributed by atoms with E-state index >= 15 is 0 Å². The van der Waals surface area contributed by atoms with Crippen LogP contribution in [-0.4, -0.2) is 12.2 Å². The molecule has 1 heterocycles. The molecule has 1 aliphatic heterocycles. The Bertz CT molecular complexity index is 412. The van der Waals surface area contributed by atoms with Gasteiger partial charge in [-0.3, -0.25) is 0 Å². The van der Waals surface area contributed by atoms with Crippen molar-refractivity contribution in [3.8, 4) is 0 Å². The molecule has 2 unspecified atom stereocenters. The van der Waals surface area contributed by atoms with E-state index in [-0.39, 0.29) is 0 Å². The maximum absolute atomic E-state index is 5.57. The van der Waals surface area contributed by atoms with Crippen LogP contribution in [0.4, 0.5) is 0 Å². The van der Waals surface area contributed by atoms with Gasteiger partial charge in [0.15, 0.2) is 0 Å². The molecule has 0 radical (unpaired) electrons. The lowest BCUT2D eigenvalue weighted by Crippen LogP contribution is -1.86.